The van der Waals surface area contributed by atoms with Crippen molar-refractivity contribution in [3.63, 3.8) is 0 Å². The normalized spacial score (nSPS) is 12.9. The molecule has 0 spiro atoms. The average molecular weight is 277 g/mol. The van der Waals surface area contributed by atoms with Gasteiger partial charge in [-0.15, -0.1) is 11.6 Å². The van der Waals surface area contributed by atoms with Crippen LogP contribution in [0.2, 0.25) is 0 Å². The molecule has 0 amide bonds. The number of alkyl halides is 1. The summed E-state index contributed by atoms with van der Waals surface area (Å²) in [7, 11) is 0. The lowest BCUT2D eigenvalue weighted by Gasteiger charge is -2.09. The van der Waals surface area contributed by atoms with Gasteiger partial charge in [0, 0.05) is 6.42 Å². The minimum Gasteiger partial charge on any atom is -0.464 e. The van der Waals surface area contributed by atoms with E-state index in [1.807, 2.05) is 12.1 Å². The zero-order chi connectivity index (χ0) is 13.8. The summed E-state index contributed by atoms with van der Waals surface area (Å²) >= 11 is 6.47. The van der Waals surface area contributed by atoms with E-state index >= 15 is 0 Å². The molecule has 2 heteroatoms. The highest BCUT2D eigenvalue weighted by atomic mass is 35.5. The molecule has 0 N–H and O–H groups in total. The van der Waals surface area contributed by atoms with Crippen LogP contribution in [-0.2, 0) is 12.8 Å². The topological polar surface area (TPSA) is 13.1 Å². The third kappa shape index (κ3) is 3.63. The Bertz CT molecular complexity index is 510. The lowest BCUT2D eigenvalue weighted by Crippen LogP contribution is -1.96. The van der Waals surface area contributed by atoms with Gasteiger partial charge in [0.1, 0.15) is 16.9 Å². The third-order valence-corrected chi connectivity index (χ3v) is 3.66. The first kappa shape index (κ1) is 14.2. The van der Waals surface area contributed by atoms with Crippen LogP contribution in [0.25, 0.3) is 0 Å². The molecule has 2 rings (SSSR count). The molecule has 102 valence electrons. The van der Waals surface area contributed by atoms with Gasteiger partial charge in [-0.2, -0.15) is 0 Å². The number of aryl methyl sites for hydroxylation is 1. The molecule has 1 atom stereocenters. The van der Waals surface area contributed by atoms with Crippen LogP contribution in [0, 0.1) is 5.92 Å². The number of hydrogen-bond donors (Lipinski definition) is 0. The second kappa shape index (κ2) is 6.29. The van der Waals surface area contributed by atoms with Crippen LogP contribution in [-0.4, -0.2) is 0 Å². The molecule has 19 heavy (non-hydrogen) atoms. The van der Waals surface area contributed by atoms with Crippen molar-refractivity contribution in [3.8, 4) is 0 Å². The Morgan fingerprint density at radius 2 is 1.74 bits per heavy atom. The Kier molecular flexibility index (Phi) is 4.71. The molecular weight excluding hydrogens is 256 g/mol. The van der Waals surface area contributed by atoms with Gasteiger partial charge < -0.3 is 4.42 Å². The van der Waals surface area contributed by atoms with Crippen molar-refractivity contribution in [2.45, 2.75) is 39.0 Å². The minimum atomic E-state index is -0.201. The first-order chi connectivity index (χ1) is 9.10. The van der Waals surface area contributed by atoms with Crippen LogP contribution < -0.4 is 0 Å². The second-order valence-corrected chi connectivity index (χ2v) is 5.80. The number of hydrogen-bond acceptors (Lipinski definition) is 1. The van der Waals surface area contributed by atoms with Crippen LogP contribution in [0.1, 0.15) is 48.8 Å². The first-order valence-electron chi connectivity index (χ1n) is 6.91. The molecule has 1 aromatic heterocycles. The SMILES string of the molecule is CCc1ccc(C(Cl)c2ccc(CC(C)C)cc2)o1. The lowest BCUT2D eigenvalue weighted by molar-refractivity contribution is 0.474. The second-order valence-electron chi connectivity index (χ2n) is 5.36. The molecule has 1 heterocycles. The fourth-order valence-electron chi connectivity index (χ4n) is 2.18. The van der Waals surface area contributed by atoms with Gasteiger partial charge in [-0.25, -0.2) is 0 Å². The number of benzene rings is 1. The maximum atomic E-state index is 6.47. The zero-order valence-corrected chi connectivity index (χ0v) is 12.6. The van der Waals surface area contributed by atoms with Crippen molar-refractivity contribution < 1.29 is 4.42 Å². The third-order valence-electron chi connectivity index (χ3n) is 3.20. The largest absolute Gasteiger partial charge is 0.464 e. The summed E-state index contributed by atoms with van der Waals surface area (Å²) in [4.78, 5) is 0. The Morgan fingerprint density at radius 3 is 2.26 bits per heavy atom. The smallest absolute Gasteiger partial charge is 0.126 e. The summed E-state index contributed by atoms with van der Waals surface area (Å²) in [5, 5.41) is -0.201. The van der Waals surface area contributed by atoms with Gasteiger partial charge >= 0.3 is 0 Å². The summed E-state index contributed by atoms with van der Waals surface area (Å²) in [6.45, 7) is 6.54. The molecule has 0 radical (unpaired) electrons. The van der Waals surface area contributed by atoms with E-state index in [4.69, 9.17) is 16.0 Å². The predicted octanol–water partition coefficient (Wildman–Crippen LogP) is 5.37. The number of halogens is 1. The van der Waals surface area contributed by atoms with Gasteiger partial charge in [-0.3, -0.25) is 0 Å². The van der Waals surface area contributed by atoms with Gasteiger partial charge in [0.05, 0.1) is 0 Å². The molecule has 0 saturated heterocycles. The van der Waals surface area contributed by atoms with Crippen molar-refractivity contribution in [2.75, 3.05) is 0 Å². The standard InChI is InChI=1S/C17H21ClO/c1-4-15-9-10-16(19-15)17(18)14-7-5-13(6-8-14)11-12(2)3/h5-10,12,17H,4,11H2,1-3H3. The zero-order valence-electron chi connectivity index (χ0n) is 11.8. The molecular formula is C17H21ClO. The monoisotopic (exact) mass is 276 g/mol. The van der Waals surface area contributed by atoms with Gasteiger partial charge in [-0.1, -0.05) is 45.0 Å². The summed E-state index contributed by atoms with van der Waals surface area (Å²) in [5.41, 5.74) is 2.45. The quantitative estimate of drug-likeness (QED) is 0.669. The first-order valence-corrected chi connectivity index (χ1v) is 7.35. The Balaban J connectivity index is 2.12. The fourth-order valence-corrected chi connectivity index (χ4v) is 2.44. The summed E-state index contributed by atoms with van der Waals surface area (Å²) in [5.74, 6) is 2.49. The molecule has 2 aromatic rings. The molecule has 0 aliphatic carbocycles. The van der Waals surface area contributed by atoms with Gasteiger partial charge in [0.25, 0.3) is 0 Å². The molecule has 0 saturated carbocycles. The van der Waals surface area contributed by atoms with E-state index in [0.717, 1.165) is 29.9 Å². The van der Waals surface area contributed by atoms with Crippen LogP contribution >= 0.6 is 11.6 Å². The summed E-state index contributed by atoms with van der Waals surface area (Å²) < 4.78 is 5.71. The van der Waals surface area contributed by atoms with E-state index in [2.05, 4.69) is 45.0 Å². The van der Waals surface area contributed by atoms with E-state index in [1.54, 1.807) is 0 Å². The molecule has 0 bridgehead atoms. The predicted molar refractivity (Wildman–Crippen MR) is 80.8 cm³/mol. The van der Waals surface area contributed by atoms with Crippen molar-refractivity contribution in [2.24, 2.45) is 5.92 Å². The van der Waals surface area contributed by atoms with E-state index in [9.17, 15) is 0 Å². The molecule has 0 aliphatic rings. The van der Waals surface area contributed by atoms with Crippen LogP contribution in [0.4, 0.5) is 0 Å². The molecule has 1 unspecified atom stereocenters. The summed E-state index contributed by atoms with van der Waals surface area (Å²) in [6.07, 6.45) is 2.00. The highest BCUT2D eigenvalue weighted by Gasteiger charge is 2.14. The molecule has 0 aliphatic heterocycles. The average Bonchev–Trinajstić information content (AvgIpc) is 2.87. The highest BCUT2D eigenvalue weighted by molar-refractivity contribution is 6.22. The Labute approximate surface area is 120 Å². The van der Waals surface area contributed by atoms with Crippen LogP contribution in [0.15, 0.2) is 40.8 Å². The summed E-state index contributed by atoms with van der Waals surface area (Å²) in [6, 6.07) is 12.5. The Hall–Kier alpha value is -1.21. The molecule has 1 aromatic carbocycles. The van der Waals surface area contributed by atoms with Gasteiger partial charge in [-0.05, 0) is 35.6 Å². The van der Waals surface area contributed by atoms with Crippen LogP contribution in [0.5, 0.6) is 0 Å². The van der Waals surface area contributed by atoms with Gasteiger partial charge in [0.2, 0.25) is 0 Å². The molecule has 0 fully saturated rings. The highest BCUT2D eigenvalue weighted by Crippen LogP contribution is 2.30. The van der Waals surface area contributed by atoms with E-state index in [-0.39, 0.29) is 5.38 Å². The van der Waals surface area contributed by atoms with E-state index in [0.29, 0.717) is 5.92 Å². The van der Waals surface area contributed by atoms with Crippen LogP contribution in [0.3, 0.4) is 0 Å². The van der Waals surface area contributed by atoms with Crippen molar-refractivity contribution in [1.29, 1.82) is 0 Å². The van der Waals surface area contributed by atoms with E-state index < -0.39 is 0 Å². The number of rotatable bonds is 5. The lowest BCUT2D eigenvalue weighted by atomic mass is 10.0. The Morgan fingerprint density at radius 1 is 1.05 bits per heavy atom. The van der Waals surface area contributed by atoms with Crippen molar-refractivity contribution in [1.82, 2.24) is 0 Å². The maximum Gasteiger partial charge on any atom is 0.126 e. The van der Waals surface area contributed by atoms with E-state index in [1.165, 1.54) is 5.56 Å². The molecule has 1 nitrogen and oxygen atoms in total. The maximum absolute atomic E-state index is 6.47. The number of furan rings is 1. The van der Waals surface area contributed by atoms with Crippen molar-refractivity contribution in [3.05, 3.63) is 59.0 Å². The van der Waals surface area contributed by atoms with Gasteiger partial charge in [0.15, 0.2) is 0 Å². The minimum absolute atomic E-state index is 0.201. The van der Waals surface area contributed by atoms with Crippen molar-refractivity contribution >= 4 is 11.6 Å². The fraction of sp³-hybridized carbons (Fsp3) is 0.412.